The summed E-state index contributed by atoms with van der Waals surface area (Å²) < 4.78 is 38.2. The number of aromatic nitrogens is 2. The molecule has 1 N–H and O–H groups in total. The van der Waals surface area contributed by atoms with Crippen LogP contribution in [0.1, 0.15) is 12.5 Å². The molecule has 0 aromatic carbocycles. The van der Waals surface area contributed by atoms with Crippen molar-refractivity contribution in [2.24, 2.45) is 0 Å². The second-order valence-electron chi connectivity index (χ2n) is 5.04. The van der Waals surface area contributed by atoms with Gasteiger partial charge in [0.2, 0.25) is 0 Å². The minimum Gasteiger partial charge on any atom is -0.342 e. The van der Waals surface area contributed by atoms with Crippen molar-refractivity contribution >= 4 is 28.9 Å². The Bertz CT molecular complexity index is 1020. The number of amides is 1. The largest absolute Gasteiger partial charge is 0.405 e. The molecule has 0 spiro atoms. The van der Waals surface area contributed by atoms with Gasteiger partial charge >= 0.3 is 6.18 Å². The molecule has 0 aliphatic rings. The maximum absolute atomic E-state index is 12.5. The standard InChI is InChI=1S/C16H13F3N4O2S/c1-2-23-14(25)12(6-10-4-3-5-21-8-10)26-15(23)11(7-20)13(24)22-9-16(17,18)19/h3-6,8H,2,9H2,1H3,(H,22,24). The number of halogens is 3. The lowest BCUT2D eigenvalue weighted by atomic mass is 10.3. The number of hydrogen-bond donors (Lipinski definition) is 1. The van der Waals surface area contributed by atoms with Crippen LogP contribution in [0.15, 0.2) is 29.3 Å². The lowest BCUT2D eigenvalue weighted by Gasteiger charge is -2.07. The number of hydrogen-bond acceptors (Lipinski definition) is 5. The van der Waals surface area contributed by atoms with Crippen LogP contribution in [-0.4, -0.2) is 28.2 Å². The van der Waals surface area contributed by atoms with Crippen molar-refractivity contribution in [3.05, 3.63) is 49.6 Å². The average Bonchev–Trinajstić information content (AvgIpc) is 2.89. The van der Waals surface area contributed by atoms with E-state index in [2.05, 4.69) is 4.98 Å². The third-order valence-corrected chi connectivity index (χ3v) is 4.34. The first-order valence-corrected chi connectivity index (χ1v) is 8.19. The first kappa shape index (κ1) is 19.4. The molecule has 2 aromatic heterocycles. The molecule has 2 aromatic rings. The van der Waals surface area contributed by atoms with Crippen LogP contribution in [0.3, 0.4) is 0 Å². The minimum atomic E-state index is -4.60. The summed E-state index contributed by atoms with van der Waals surface area (Å²) in [5.74, 6) is -1.18. The number of rotatable bonds is 4. The highest BCUT2D eigenvalue weighted by atomic mass is 32.1. The van der Waals surface area contributed by atoms with Crippen LogP contribution >= 0.6 is 11.3 Å². The van der Waals surface area contributed by atoms with Crippen molar-refractivity contribution in [3.63, 3.8) is 0 Å². The Hall–Kier alpha value is -2.93. The van der Waals surface area contributed by atoms with E-state index in [1.807, 2.05) is 0 Å². The van der Waals surface area contributed by atoms with Crippen LogP contribution < -0.4 is 20.1 Å². The Morgan fingerprint density at radius 3 is 2.77 bits per heavy atom. The second kappa shape index (κ2) is 7.97. The molecule has 2 rings (SSSR count). The van der Waals surface area contributed by atoms with E-state index in [9.17, 15) is 28.0 Å². The van der Waals surface area contributed by atoms with Crippen molar-refractivity contribution in [2.45, 2.75) is 19.6 Å². The van der Waals surface area contributed by atoms with E-state index in [1.54, 1.807) is 36.6 Å². The minimum absolute atomic E-state index is 0.00909. The van der Waals surface area contributed by atoms with E-state index in [0.29, 0.717) is 5.56 Å². The highest BCUT2D eigenvalue weighted by Crippen LogP contribution is 2.12. The Morgan fingerprint density at radius 1 is 1.50 bits per heavy atom. The topological polar surface area (TPSA) is 87.8 Å². The second-order valence-corrected chi connectivity index (χ2v) is 6.07. The van der Waals surface area contributed by atoms with E-state index in [1.165, 1.54) is 16.8 Å². The Kier molecular flexibility index (Phi) is 5.94. The van der Waals surface area contributed by atoms with Gasteiger partial charge in [0.05, 0.1) is 4.53 Å². The van der Waals surface area contributed by atoms with Crippen molar-refractivity contribution in [1.82, 2.24) is 14.9 Å². The third-order valence-electron chi connectivity index (χ3n) is 3.21. The molecule has 0 bridgehead atoms. The fraction of sp³-hybridized carbons (Fsp3) is 0.250. The molecule has 26 heavy (non-hydrogen) atoms. The van der Waals surface area contributed by atoms with Crippen molar-refractivity contribution in [1.29, 1.82) is 5.26 Å². The highest BCUT2D eigenvalue weighted by Gasteiger charge is 2.28. The summed E-state index contributed by atoms with van der Waals surface area (Å²) in [5, 5.41) is 10.9. The highest BCUT2D eigenvalue weighted by molar-refractivity contribution is 7.07. The zero-order valence-corrected chi connectivity index (χ0v) is 14.3. The molecule has 0 unspecified atom stereocenters. The molecule has 136 valence electrons. The van der Waals surface area contributed by atoms with E-state index < -0.39 is 29.8 Å². The summed E-state index contributed by atoms with van der Waals surface area (Å²) in [7, 11) is 0. The number of carbonyl (C=O) groups excluding carboxylic acids is 1. The van der Waals surface area contributed by atoms with Gasteiger partial charge in [0.25, 0.3) is 11.5 Å². The van der Waals surface area contributed by atoms with E-state index in [0.717, 1.165) is 11.3 Å². The number of thiazole rings is 1. The Balaban J connectivity index is 2.60. The van der Waals surface area contributed by atoms with Crippen LogP contribution in [0.4, 0.5) is 13.2 Å². The van der Waals surface area contributed by atoms with Gasteiger partial charge < -0.3 is 5.32 Å². The first-order chi connectivity index (χ1) is 12.3. The summed E-state index contributed by atoms with van der Waals surface area (Å²) in [5.41, 5.74) is -0.336. The van der Waals surface area contributed by atoms with Gasteiger partial charge in [0.15, 0.2) is 5.57 Å². The van der Waals surface area contributed by atoms with Crippen LogP contribution in [0.5, 0.6) is 0 Å². The van der Waals surface area contributed by atoms with Gasteiger partial charge in [-0.15, -0.1) is 11.3 Å². The number of nitrogens with zero attached hydrogens (tertiary/aromatic N) is 3. The normalized spacial score (nSPS) is 13.3. The number of carbonyl (C=O) groups is 1. The van der Waals surface area contributed by atoms with E-state index >= 15 is 0 Å². The maximum Gasteiger partial charge on any atom is 0.405 e. The molecule has 2 heterocycles. The van der Waals surface area contributed by atoms with Crippen molar-refractivity contribution in [3.8, 4) is 6.07 Å². The SMILES string of the molecule is CCn1c(=C(C#N)C(=O)NCC(F)(F)F)sc(=Cc2cccnc2)c1=O. The van der Waals surface area contributed by atoms with Gasteiger partial charge in [0.1, 0.15) is 17.3 Å². The fourth-order valence-corrected chi connectivity index (χ4v) is 3.23. The summed E-state index contributed by atoms with van der Waals surface area (Å²) in [6.45, 7) is 0.227. The van der Waals surface area contributed by atoms with Gasteiger partial charge in [-0.25, -0.2) is 0 Å². The molecule has 6 nitrogen and oxygen atoms in total. The predicted octanol–water partition coefficient (Wildman–Crippen LogP) is 0.506. The number of pyridine rings is 1. The average molecular weight is 382 g/mol. The molecule has 0 aliphatic carbocycles. The quantitative estimate of drug-likeness (QED) is 0.835. The first-order valence-electron chi connectivity index (χ1n) is 7.37. The monoisotopic (exact) mass is 382 g/mol. The number of nitrogens with one attached hydrogen (secondary N) is 1. The fourth-order valence-electron chi connectivity index (χ4n) is 2.07. The van der Waals surface area contributed by atoms with Gasteiger partial charge in [-0.1, -0.05) is 6.07 Å². The Labute approximate surface area is 149 Å². The molecular formula is C16H13F3N4O2S. The zero-order chi connectivity index (χ0) is 19.3. The van der Waals surface area contributed by atoms with Crippen LogP contribution in [0.2, 0.25) is 0 Å². The molecule has 0 saturated heterocycles. The van der Waals surface area contributed by atoms with E-state index in [-0.39, 0.29) is 15.7 Å². The van der Waals surface area contributed by atoms with Gasteiger partial charge in [-0.2, -0.15) is 18.4 Å². The van der Waals surface area contributed by atoms with Gasteiger partial charge in [0, 0.05) is 18.9 Å². The van der Waals surface area contributed by atoms with Gasteiger partial charge in [-0.3, -0.25) is 19.1 Å². The summed E-state index contributed by atoms with van der Waals surface area (Å²) in [6, 6.07) is 4.99. The molecule has 0 saturated carbocycles. The molecule has 0 atom stereocenters. The summed E-state index contributed by atoms with van der Waals surface area (Å²) >= 11 is 0.865. The smallest absolute Gasteiger partial charge is 0.342 e. The molecule has 10 heteroatoms. The van der Waals surface area contributed by atoms with Crippen LogP contribution in [0, 0.1) is 11.3 Å². The lowest BCUT2D eigenvalue weighted by Crippen LogP contribution is -2.37. The van der Waals surface area contributed by atoms with E-state index in [4.69, 9.17) is 0 Å². The molecule has 0 aliphatic heterocycles. The number of nitriles is 1. The van der Waals surface area contributed by atoms with Crippen LogP contribution in [0.25, 0.3) is 11.6 Å². The molecule has 0 radical (unpaired) electrons. The van der Waals surface area contributed by atoms with Crippen LogP contribution in [-0.2, 0) is 11.3 Å². The Morgan fingerprint density at radius 2 is 2.23 bits per heavy atom. The van der Waals surface area contributed by atoms with Gasteiger partial charge in [-0.05, 0) is 24.6 Å². The van der Waals surface area contributed by atoms with Crippen molar-refractivity contribution in [2.75, 3.05) is 6.54 Å². The summed E-state index contributed by atoms with van der Waals surface area (Å²) in [6.07, 6.45) is 0.0295. The maximum atomic E-state index is 12.5. The zero-order valence-electron chi connectivity index (χ0n) is 13.5. The lowest BCUT2D eigenvalue weighted by molar-refractivity contribution is -0.135. The van der Waals surface area contributed by atoms with Crippen molar-refractivity contribution < 1.29 is 18.0 Å². The third kappa shape index (κ3) is 4.58. The summed E-state index contributed by atoms with van der Waals surface area (Å²) in [4.78, 5) is 28.4. The molecule has 0 fully saturated rings. The predicted molar refractivity (Wildman–Crippen MR) is 89.4 cm³/mol. The molecule has 1 amide bonds. The molecular weight excluding hydrogens is 369 g/mol. The number of alkyl halides is 3.